The average molecular weight is 246 g/mol. The second-order valence-corrected chi connectivity index (χ2v) is 4.17. The van der Waals surface area contributed by atoms with E-state index in [0.717, 1.165) is 0 Å². The van der Waals surface area contributed by atoms with Gasteiger partial charge in [-0.2, -0.15) is 0 Å². The zero-order valence-corrected chi connectivity index (χ0v) is 10.2. The van der Waals surface area contributed by atoms with E-state index in [1.165, 1.54) is 13.8 Å². The lowest BCUT2D eigenvalue weighted by atomic mass is 9.91. The molecule has 4 unspecified atom stereocenters. The minimum atomic E-state index is -0.845. The Morgan fingerprint density at radius 1 is 1.35 bits per heavy atom. The Morgan fingerprint density at radius 2 is 2.00 bits per heavy atom. The van der Waals surface area contributed by atoms with Crippen LogP contribution in [-0.2, 0) is 23.8 Å². The van der Waals surface area contributed by atoms with Crippen molar-refractivity contribution in [2.45, 2.75) is 39.1 Å². The van der Waals surface area contributed by atoms with Gasteiger partial charge in [-0.3, -0.25) is 9.59 Å². The molecule has 4 atom stereocenters. The second kappa shape index (κ2) is 5.97. The van der Waals surface area contributed by atoms with Gasteiger partial charge in [0, 0.05) is 19.8 Å². The van der Waals surface area contributed by atoms with Crippen LogP contribution < -0.4 is 0 Å². The van der Waals surface area contributed by atoms with Crippen LogP contribution >= 0.6 is 0 Å². The second-order valence-electron chi connectivity index (χ2n) is 4.17. The van der Waals surface area contributed by atoms with Gasteiger partial charge >= 0.3 is 11.9 Å². The third kappa shape index (κ3) is 3.98. The van der Waals surface area contributed by atoms with Crippen LogP contribution in [0.25, 0.3) is 0 Å². The first-order valence-electron chi connectivity index (χ1n) is 5.52. The predicted octanol–water partition coefficient (Wildman–Crippen LogP) is -0.123. The Morgan fingerprint density at radius 3 is 2.53 bits per heavy atom. The first kappa shape index (κ1) is 13.9. The largest absolute Gasteiger partial charge is 0.463 e. The summed E-state index contributed by atoms with van der Waals surface area (Å²) in [5, 5.41) is 9.67. The molecule has 98 valence electrons. The van der Waals surface area contributed by atoms with E-state index in [2.05, 4.69) is 0 Å². The number of aliphatic hydroxyl groups is 1. The summed E-state index contributed by atoms with van der Waals surface area (Å²) in [6.45, 7) is 4.54. The molecule has 0 saturated carbocycles. The molecule has 1 aliphatic heterocycles. The molecule has 0 aromatic heterocycles. The van der Waals surface area contributed by atoms with Gasteiger partial charge in [0.25, 0.3) is 0 Å². The van der Waals surface area contributed by atoms with Crippen LogP contribution in [0, 0.1) is 5.92 Å². The van der Waals surface area contributed by atoms with Gasteiger partial charge in [-0.25, -0.2) is 0 Å². The van der Waals surface area contributed by atoms with Crippen LogP contribution in [0.2, 0.25) is 0 Å². The number of aliphatic hydroxyl groups excluding tert-OH is 1. The predicted molar refractivity (Wildman–Crippen MR) is 57.1 cm³/mol. The Hall–Kier alpha value is -1.14. The maximum Gasteiger partial charge on any atom is 0.303 e. The quantitative estimate of drug-likeness (QED) is 0.699. The van der Waals surface area contributed by atoms with E-state index in [1.807, 2.05) is 0 Å². The average Bonchev–Trinajstić information content (AvgIpc) is 2.22. The molecule has 1 saturated heterocycles. The van der Waals surface area contributed by atoms with Crippen LogP contribution in [0.5, 0.6) is 0 Å². The van der Waals surface area contributed by atoms with Gasteiger partial charge in [-0.05, 0) is 0 Å². The summed E-state index contributed by atoms with van der Waals surface area (Å²) in [6, 6.07) is 0. The van der Waals surface area contributed by atoms with Gasteiger partial charge in [0.15, 0.2) is 0 Å². The molecule has 0 amide bonds. The third-order valence-corrected chi connectivity index (χ3v) is 2.72. The molecule has 1 rings (SSSR count). The first-order valence-corrected chi connectivity index (χ1v) is 5.52. The first-order chi connectivity index (χ1) is 7.91. The monoisotopic (exact) mass is 246 g/mol. The Kier molecular flexibility index (Phi) is 4.89. The molecule has 0 aromatic rings. The molecule has 0 radical (unpaired) electrons. The Balaban J connectivity index is 2.58. The highest BCUT2D eigenvalue weighted by Crippen LogP contribution is 2.24. The number of carbonyl (C=O) groups excluding carboxylic acids is 2. The van der Waals surface area contributed by atoms with Crippen molar-refractivity contribution in [2.24, 2.45) is 5.92 Å². The molecule has 0 bridgehead atoms. The molecule has 1 N–H and O–H groups in total. The smallest absolute Gasteiger partial charge is 0.303 e. The van der Waals surface area contributed by atoms with Gasteiger partial charge in [0.05, 0.1) is 12.7 Å². The summed E-state index contributed by atoms with van der Waals surface area (Å²) in [5.74, 6) is -1.08. The van der Waals surface area contributed by atoms with Crippen LogP contribution in [-0.4, -0.2) is 48.6 Å². The number of esters is 2. The number of hydrogen-bond acceptors (Lipinski definition) is 6. The minimum Gasteiger partial charge on any atom is -0.463 e. The number of carbonyl (C=O) groups is 2. The lowest BCUT2D eigenvalue weighted by Crippen LogP contribution is -2.51. The van der Waals surface area contributed by atoms with E-state index in [9.17, 15) is 14.7 Å². The highest BCUT2D eigenvalue weighted by atomic mass is 16.6. The number of hydrogen-bond donors (Lipinski definition) is 1. The maximum absolute atomic E-state index is 10.9. The summed E-state index contributed by atoms with van der Waals surface area (Å²) >= 11 is 0. The molecule has 1 heterocycles. The fraction of sp³-hybridized carbons (Fsp3) is 0.818. The fourth-order valence-electron chi connectivity index (χ4n) is 1.81. The molecule has 1 aliphatic rings. The van der Waals surface area contributed by atoms with E-state index in [1.54, 1.807) is 6.92 Å². The van der Waals surface area contributed by atoms with E-state index >= 15 is 0 Å². The van der Waals surface area contributed by atoms with Crippen molar-refractivity contribution in [3.63, 3.8) is 0 Å². The van der Waals surface area contributed by atoms with Crippen molar-refractivity contribution in [3.05, 3.63) is 0 Å². The van der Waals surface area contributed by atoms with E-state index in [4.69, 9.17) is 14.2 Å². The highest BCUT2D eigenvalue weighted by Gasteiger charge is 2.39. The van der Waals surface area contributed by atoms with Gasteiger partial charge in [0.2, 0.25) is 0 Å². The van der Waals surface area contributed by atoms with Crippen LogP contribution in [0.15, 0.2) is 0 Å². The lowest BCUT2D eigenvalue weighted by Gasteiger charge is -2.38. The van der Waals surface area contributed by atoms with E-state index < -0.39 is 24.1 Å². The van der Waals surface area contributed by atoms with Crippen molar-refractivity contribution in [2.75, 3.05) is 13.2 Å². The molecule has 6 nitrogen and oxygen atoms in total. The normalized spacial score (nSPS) is 32.9. The summed E-state index contributed by atoms with van der Waals surface area (Å²) < 4.78 is 15.2. The molecular weight excluding hydrogens is 228 g/mol. The standard InChI is InChI=1S/C11H18O6/c1-6-10(5-15-7(2)12)16-4-9(14)11(6)17-8(3)13/h6,9-11,14H,4-5H2,1-3H3. The summed E-state index contributed by atoms with van der Waals surface area (Å²) in [4.78, 5) is 21.6. The third-order valence-electron chi connectivity index (χ3n) is 2.72. The van der Waals surface area contributed by atoms with E-state index in [0.29, 0.717) is 0 Å². The topological polar surface area (TPSA) is 82.1 Å². The van der Waals surface area contributed by atoms with Gasteiger partial charge < -0.3 is 19.3 Å². The zero-order chi connectivity index (χ0) is 13.0. The van der Waals surface area contributed by atoms with Crippen molar-refractivity contribution >= 4 is 11.9 Å². The summed E-state index contributed by atoms with van der Waals surface area (Å²) in [6.07, 6.45) is -1.84. The molecular formula is C11H18O6. The number of ether oxygens (including phenoxy) is 3. The number of rotatable bonds is 3. The minimum absolute atomic E-state index is 0.0637. The lowest BCUT2D eigenvalue weighted by molar-refractivity contribution is -0.194. The molecule has 0 aliphatic carbocycles. The van der Waals surface area contributed by atoms with Crippen molar-refractivity contribution < 1.29 is 28.9 Å². The van der Waals surface area contributed by atoms with Gasteiger partial charge in [-0.1, -0.05) is 6.92 Å². The molecule has 17 heavy (non-hydrogen) atoms. The molecule has 6 heteroatoms. The van der Waals surface area contributed by atoms with Crippen molar-refractivity contribution in [1.29, 1.82) is 0 Å². The van der Waals surface area contributed by atoms with Crippen LogP contribution in [0.4, 0.5) is 0 Å². The Labute approximate surface area is 99.8 Å². The Bertz CT molecular complexity index is 290. The SMILES string of the molecule is CC(=O)OCC1OCC(O)C(OC(C)=O)C1C. The van der Waals surface area contributed by atoms with Crippen molar-refractivity contribution in [1.82, 2.24) is 0 Å². The fourth-order valence-corrected chi connectivity index (χ4v) is 1.81. The molecule has 1 fully saturated rings. The molecule has 0 aromatic carbocycles. The van der Waals surface area contributed by atoms with Gasteiger partial charge in [-0.15, -0.1) is 0 Å². The molecule has 0 spiro atoms. The maximum atomic E-state index is 10.9. The van der Waals surface area contributed by atoms with Crippen molar-refractivity contribution in [3.8, 4) is 0 Å². The zero-order valence-electron chi connectivity index (χ0n) is 10.2. The van der Waals surface area contributed by atoms with Gasteiger partial charge in [0.1, 0.15) is 18.8 Å². The van der Waals surface area contributed by atoms with Crippen LogP contribution in [0.1, 0.15) is 20.8 Å². The summed E-state index contributed by atoms with van der Waals surface area (Å²) in [7, 11) is 0. The van der Waals surface area contributed by atoms with E-state index in [-0.39, 0.29) is 25.2 Å². The highest BCUT2D eigenvalue weighted by molar-refractivity contribution is 5.66. The summed E-state index contributed by atoms with van der Waals surface area (Å²) in [5.41, 5.74) is 0. The van der Waals surface area contributed by atoms with Crippen LogP contribution in [0.3, 0.4) is 0 Å².